The first kappa shape index (κ1) is 21.2. The van der Waals surface area contributed by atoms with Crippen molar-refractivity contribution in [3.05, 3.63) is 35.8 Å². The third-order valence-electron chi connectivity index (χ3n) is 7.77. The van der Waals surface area contributed by atoms with Crippen LogP contribution in [-0.2, 0) is 17.8 Å². The summed E-state index contributed by atoms with van der Waals surface area (Å²) < 4.78 is 5.74. The van der Waals surface area contributed by atoms with Crippen LogP contribution in [0.2, 0.25) is 0 Å². The van der Waals surface area contributed by atoms with Crippen molar-refractivity contribution in [3.8, 4) is 0 Å². The molecule has 0 spiro atoms. The molecule has 0 aromatic carbocycles. The number of nitrogens with one attached hydrogen (secondary N) is 1. The fourth-order valence-corrected chi connectivity index (χ4v) is 6.36. The van der Waals surface area contributed by atoms with Crippen LogP contribution in [0.5, 0.6) is 0 Å². The molecule has 1 aromatic heterocycles. The van der Waals surface area contributed by atoms with Crippen molar-refractivity contribution in [2.75, 3.05) is 21.1 Å². The predicted molar refractivity (Wildman–Crippen MR) is 114 cm³/mol. The number of hydrogen-bond acceptors (Lipinski definition) is 3. The Morgan fingerprint density at radius 3 is 2.79 bits per heavy atom. The molecule has 0 radical (unpaired) electrons. The summed E-state index contributed by atoms with van der Waals surface area (Å²) in [5, 5.41) is 2.95. The Kier molecular flexibility index (Phi) is 6.09. The van der Waals surface area contributed by atoms with Crippen molar-refractivity contribution in [3.63, 3.8) is 0 Å². The van der Waals surface area contributed by atoms with Gasteiger partial charge in [-0.25, -0.2) is 0 Å². The number of rotatable bonds is 6. The minimum Gasteiger partial charge on any atom is -0.468 e. The minimum absolute atomic E-state index is 0.153. The molecule has 1 heterocycles. The second-order valence-electron chi connectivity index (χ2n) is 9.80. The van der Waals surface area contributed by atoms with Crippen molar-refractivity contribution in [2.24, 2.45) is 22.7 Å². The van der Waals surface area contributed by atoms with Crippen LogP contribution in [0.1, 0.15) is 63.7 Å². The zero-order valence-electron chi connectivity index (χ0n) is 18.4. The van der Waals surface area contributed by atoms with Gasteiger partial charge in [-0.1, -0.05) is 32.4 Å². The number of furan rings is 1. The fraction of sp³-hybridized carbons (Fsp3) is 0.708. The number of hydrogen-bond donors (Lipinski definition) is 1. The minimum atomic E-state index is -0.258. The van der Waals surface area contributed by atoms with Gasteiger partial charge in [0.2, 0.25) is 5.91 Å². The normalized spacial score (nSPS) is 33.0. The van der Waals surface area contributed by atoms with Gasteiger partial charge in [-0.2, -0.15) is 0 Å². The maximum absolute atomic E-state index is 12.8. The van der Waals surface area contributed by atoms with Gasteiger partial charge in [-0.15, -0.1) is 0 Å². The molecule has 2 aliphatic carbocycles. The van der Waals surface area contributed by atoms with Gasteiger partial charge in [0.25, 0.3) is 0 Å². The van der Waals surface area contributed by atoms with Gasteiger partial charge in [0.15, 0.2) is 0 Å². The van der Waals surface area contributed by atoms with Crippen LogP contribution in [-0.4, -0.2) is 32.0 Å². The van der Waals surface area contributed by atoms with E-state index >= 15 is 0 Å². The van der Waals surface area contributed by atoms with Crippen molar-refractivity contribution in [2.45, 2.75) is 65.3 Å². The molecule has 0 aliphatic heterocycles. The van der Waals surface area contributed by atoms with E-state index in [0.717, 1.165) is 50.8 Å². The maximum Gasteiger partial charge on any atom is 0.225 e. The van der Waals surface area contributed by atoms with E-state index in [2.05, 4.69) is 50.8 Å². The zero-order valence-corrected chi connectivity index (χ0v) is 18.4. The molecule has 0 saturated heterocycles. The zero-order chi connectivity index (χ0) is 20.5. The Morgan fingerprint density at radius 1 is 1.36 bits per heavy atom. The van der Waals surface area contributed by atoms with Gasteiger partial charge in [0.1, 0.15) is 5.76 Å². The molecule has 2 saturated carbocycles. The average molecular weight is 387 g/mol. The van der Waals surface area contributed by atoms with Crippen LogP contribution in [0, 0.1) is 22.7 Å². The van der Waals surface area contributed by atoms with E-state index in [9.17, 15) is 4.79 Å². The number of carbonyl (C=O) groups excluding carboxylic acids is 1. The number of nitrogens with zero attached hydrogens (tertiary/aromatic N) is 1. The topological polar surface area (TPSA) is 45.5 Å². The van der Waals surface area contributed by atoms with Crippen LogP contribution in [0.4, 0.5) is 0 Å². The van der Waals surface area contributed by atoms with E-state index in [1.165, 1.54) is 17.6 Å². The molecule has 2 aliphatic rings. The highest BCUT2D eigenvalue weighted by molar-refractivity contribution is 5.82. The molecule has 4 nitrogen and oxygen atoms in total. The summed E-state index contributed by atoms with van der Waals surface area (Å²) in [6.07, 6.45) is 9.39. The summed E-state index contributed by atoms with van der Waals surface area (Å²) in [7, 11) is 5.93. The molecule has 1 aromatic rings. The predicted octanol–water partition coefficient (Wildman–Crippen LogP) is 4.80. The molecular formula is C24H38N2O2. The smallest absolute Gasteiger partial charge is 0.225 e. The summed E-state index contributed by atoms with van der Waals surface area (Å²) in [5.41, 5.74) is 2.60. The van der Waals surface area contributed by atoms with E-state index in [4.69, 9.17) is 4.42 Å². The highest BCUT2D eigenvalue weighted by atomic mass is 16.3. The molecule has 4 atom stereocenters. The highest BCUT2D eigenvalue weighted by Gasteiger charge is 2.56. The Hall–Kier alpha value is -1.55. The summed E-state index contributed by atoms with van der Waals surface area (Å²) in [5.74, 6) is 2.19. The van der Waals surface area contributed by atoms with Crippen molar-refractivity contribution < 1.29 is 9.21 Å². The number of allylic oxidation sites excluding steroid dienone is 1. The van der Waals surface area contributed by atoms with Crippen LogP contribution >= 0.6 is 0 Å². The van der Waals surface area contributed by atoms with Crippen LogP contribution in [0.15, 0.2) is 28.9 Å². The number of aryl methyl sites for hydroxylation is 1. The van der Waals surface area contributed by atoms with Gasteiger partial charge >= 0.3 is 0 Å². The van der Waals surface area contributed by atoms with Gasteiger partial charge in [0, 0.05) is 12.5 Å². The molecule has 0 bridgehead atoms. The second kappa shape index (κ2) is 8.06. The second-order valence-corrected chi connectivity index (χ2v) is 9.80. The lowest BCUT2D eigenvalue weighted by Gasteiger charge is -2.58. The Labute approximate surface area is 170 Å². The third-order valence-corrected chi connectivity index (χ3v) is 7.77. The molecule has 1 N–H and O–H groups in total. The lowest BCUT2D eigenvalue weighted by atomic mass is 9.46. The van der Waals surface area contributed by atoms with Gasteiger partial charge in [-0.05, 0) is 81.5 Å². The van der Waals surface area contributed by atoms with E-state index < -0.39 is 0 Å². The molecule has 156 valence electrons. The third kappa shape index (κ3) is 3.68. The standard InChI is InChI=1S/C24H38N2O2/c1-17-8-11-21-23(2,13-7-14-24(21,3)22(27)25-4)19(17)10-9-18-12-15-28-20(18)16-26(5)6/h12,15,19,21H,1,7-11,13-14,16H2,2-6H3,(H,25,27)/t19-,21-,23+,24-/m0/s1. The van der Waals surface area contributed by atoms with Crippen molar-refractivity contribution in [1.82, 2.24) is 10.2 Å². The summed E-state index contributed by atoms with van der Waals surface area (Å²) in [6.45, 7) is 9.95. The lowest BCUT2D eigenvalue weighted by molar-refractivity contribution is -0.145. The van der Waals surface area contributed by atoms with E-state index in [1.807, 2.05) is 6.26 Å². The van der Waals surface area contributed by atoms with Crippen molar-refractivity contribution in [1.29, 1.82) is 0 Å². The summed E-state index contributed by atoms with van der Waals surface area (Å²) >= 11 is 0. The number of fused-ring (bicyclic) bond motifs is 1. The Morgan fingerprint density at radius 2 is 2.11 bits per heavy atom. The highest BCUT2D eigenvalue weighted by Crippen LogP contribution is 2.61. The maximum atomic E-state index is 12.8. The van der Waals surface area contributed by atoms with Gasteiger partial charge in [-0.3, -0.25) is 4.79 Å². The average Bonchev–Trinajstić information content (AvgIpc) is 3.06. The molecule has 1 amide bonds. The first-order valence-corrected chi connectivity index (χ1v) is 10.8. The molecule has 2 fully saturated rings. The SMILES string of the molecule is C=C1CC[C@H]2[C@](C)(CCC[C@]2(C)C(=O)NC)[C@H]1CCc1ccoc1CN(C)C. The van der Waals surface area contributed by atoms with E-state index in [1.54, 1.807) is 7.05 Å². The largest absolute Gasteiger partial charge is 0.468 e. The molecule has 0 unspecified atom stereocenters. The quantitative estimate of drug-likeness (QED) is 0.715. The van der Waals surface area contributed by atoms with Gasteiger partial charge in [0.05, 0.1) is 12.8 Å². The van der Waals surface area contributed by atoms with Gasteiger partial charge < -0.3 is 14.6 Å². The summed E-state index contributed by atoms with van der Waals surface area (Å²) in [6, 6.07) is 2.12. The first-order valence-electron chi connectivity index (χ1n) is 10.8. The van der Waals surface area contributed by atoms with Crippen molar-refractivity contribution >= 4 is 5.91 Å². The van der Waals surface area contributed by atoms with E-state index in [0.29, 0.717) is 11.8 Å². The van der Waals surface area contributed by atoms with Crippen LogP contribution < -0.4 is 5.32 Å². The Bertz CT molecular complexity index is 722. The number of carbonyl (C=O) groups is 1. The number of amides is 1. The van der Waals surface area contributed by atoms with E-state index in [-0.39, 0.29) is 16.7 Å². The molecular weight excluding hydrogens is 348 g/mol. The van der Waals surface area contributed by atoms with Crippen LogP contribution in [0.25, 0.3) is 0 Å². The molecule has 28 heavy (non-hydrogen) atoms. The Balaban J connectivity index is 1.82. The van der Waals surface area contributed by atoms with Crippen LogP contribution in [0.3, 0.4) is 0 Å². The lowest BCUT2D eigenvalue weighted by Crippen LogP contribution is -2.55. The fourth-order valence-electron chi connectivity index (χ4n) is 6.36. The first-order chi connectivity index (χ1) is 13.2. The summed E-state index contributed by atoms with van der Waals surface area (Å²) in [4.78, 5) is 15.0. The molecule has 4 heteroatoms. The monoisotopic (exact) mass is 386 g/mol. The molecule has 3 rings (SSSR count).